The summed E-state index contributed by atoms with van der Waals surface area (Å²) in [5.74, 6) is 0.0747. The lowest BCUT2D eigenvalue weighted by molar-refractivity contribution is -0.121. The summed E-state index contributed by atoms with van der Waals surface area (Å²) < 4.78 is 5.69. The van der Waals surface area contributed by atoms with Crippen LogP contribution in [0.4, 0.5) is 0 Å². The van der Waals surface area contributed by atoms with E-state index in [4.69, 9.17) is 4.42 Å². The number of carbonyl (C=O) groups excluding carboxylic acids is 1. The average molecular weight is 314 g/mol. The molecule has 0 unspecified atom stereocenters. The molecule has 1 aliphatic heterocycles. The topological polar surface area (TPSA) is 54.3 Å². The van der Waals surface area contributed by atoms with Crippen LogP contribution < -0.4 is 10.6 Å². The lowest BCUT2D eigenvalue weighted by Crippen LogP contribution is -2.43. The number of furan rings is 1. The van der Waals surface area contributed by atoms with E-state index in [1.807, 2.05) is 0 Å². The number of benzene rings is 1. The maximum absolute atomic E-state index is 12.3. The molecule has 2 N–H and O–H groups in total. The molecule has 1 amide bonds. The molecule has 0 spiro atoms. The van der Waals surface area contributed by atoms with Crippen molar-refractivity contribution in [3.8, 4) is 0 Å². The highest BCUT2D eigenvalue weighted by Crippen LogP contribution is 2.28. The molecule has 2 aromatic rings. The zero-order valence-electron chi connectivity index (χ0n) is 14.3. The van der Waals surface area contributed by atoms with Crippen LogP contribution in [0.25, 0.3) is 11.0 Å². The minimum atomic E-state index is 0.0747. The van der Waals surface area contributed by atoms with Gasteiger partial charge in [-0.15, -0.1) is 0 Å². The summed E-state index contributed by atoms with van der Waals surface area (Å²) in [7, 11) is 0. The lowest BCUT2D eigenvalue weighted by Gasteiger charge is -2.34. The Hall–Kier alpha value is -1.81. The molecule has 4 heteroatoms. The fourth-order valence-electron chi connectivity index (χ4n) is 3.28. The summed E-state index contributed by atoms with van der Waals surface area (Å²) in [5.41, 5.74) is 4.44. The highest BCUT2D eigenvalue weighted by atomic mass is 16.3. The van der Waals surface area contributed by atoms with Crippen LogP contribution in [0, 0.1) is 19.3 Å². The maximum atomic E-state index is 12.3. The lowest BCUT2D eigenvalue weighted by atomic mass is 9.81. The molecule has 4 nitrogen and oxygen atoms in total. The van der Waals surface area contributed by atoms with Crippen LogP contribution in [0.3, 0.4) is 0 Å². The van der Waals surface area contributed by atoms with Gasteiger partial charge in [-0.1, -0.05) is 19.1 Å². The summed E-state index contributed by atoms with van der Waals surface area (Å²) >= 11 is 0. The molecule has 0 aliphatic carbocycles. The van der Waals surface area contributed by atoms with Gasteiger partial charge in [0, 0.05) is 17.5 Å². The van der Waals surface area contributed by atoms with Gasteiger partial charge >= 0.3 is 0 Å². The molecular weight excluding hydrogens is 288 g/mol. The molecule has 1 aromatic carbocycles. The number of carbonyl (C=O) groups is 1. The van der Waals surface area contributed by atoms with Crippen molar-refractivity contribution in [2.24, 2.45) is 5.41 Å². The molecular formula is C19H26N2O2. The van der Waals surface area contributed by atoms with E-state index in [1.54, 1.807) is 6.26 Å². The third-order valence-electron chi connectivity index (χ3n) is 5.22. The molecule has 1 aromatic heterocycles. The van der Waals surface area contributed by atoms with Crippen LogP contribution in [-0.2, 0) is 11.2 Å². The van der Waals surface area contributed by atoms with Crippen LogP contribution in [0.2, 0.25) is 0 Å². The molecule has 0 radical (unpaired) electrons. The first-order valence-electron chi connectivity index (χ1n) is 8.42. The number of aryl methyl sites for hydroxylation is 2. The molecule has 2 heterocycles. The number of rotatable bonds is 4. The third-order valence-corrected chi connectivity index (χ3v) is 5.22. The number of amides is 1. The quantitative estimate of drug-likeness (QED) is 0.912. The van der Waals surface area contributed by atoms with Gasteiger partial charge in [-0.05, 0) is 56.3 Å². The zero-order valence-corrected chi connectivity index (χ0v) is 14.3. The Kier molecular flexibility index (Phi) is 4.44. The summed E-state index contributed by atoms with van der Waals surface area (Å²) in [4.78, 5) is 12.3. The van der Waals surface area contributed by atoms with Crippen LogP contribution in [0.5, 0.6) is 0 Å². The zero-order chi connectivity index (χ0) is 16.4. The van der Waals surface area contributed by atoms with Gasteiger partial charge in [-0.25, -0.2) is 0 Å². The Labute approximate surface area is 137 Å². The minimum Gasteiger partial charge on any atom is -0.464 e. The van der Waals surface area contributed by atoms with Gasteiger partial charge < -0.3 is 15.1 Å². The Morgan fingerprint density at radius 1 is 1.30 bits per heavy atom. The number of nitrogens with one attached hydrogen (secondary N) is 2. The minimum absolute atomic E-state index is 0.0747. The van der Waals surface area contributed by atoms with Gasteiger partial charge in [0.15, 0.2) is 0 Å². The normalized spacial score (nSPS) is 17.3. The van der Waals surface area contributed by atoms with E-state index in [1.165, 1.54) is 5.56 Å². The second-order valence-electron chi connectivity index (χ2n) is 7.16. The van der Waals surface area contributed by atoms with Crippen molar-refractivity contribution in [3.63, 3.8) is 0 Å². The molecule has 1 fully saturated rings. The fraction of sp³-hybridized carbons (Fsp3) is 0.526. The number of piperidine rings is 1. The van der Waals surface area contributed by atoms with Gasteiger partial charge in [0.05, 0.1) is 12.7 Å². The van der Waals surface area contributed by atoms with Gasteiger partial charge in [0.25, 0.3) is 0 Å². The van der Waals surface area contributed by atoms with E-state index >= 15 is 0 Å². The second kappa shape index (κ2) is 6.36. The molecule has 1 aliphatic rings. The van der Waals surface area contributed by atoms with Crippen molar-refractivity contribution in [2.45, 2.75) is 40.0 Å². The summed E-state index contributed by atoms with van der Waals surface area (Å²) in [6, 6.07) is 4.14. The summed E-state index contributed by atoms with van der Waals surface area (Å²) in [6.45, 7) is 9.22. The highest BCUT2D eigenvalue weighted by molar-refractivity contribution is 5.89. The second-order valence-corrected chi connectivity index (χ2v) is 7.16. The molecule has 124 valence electrons. The van der Waals surface area contributed by atoms with Crippen LogP contribution in [-0.4, -0.2) is 25.5 Å². The molecule has 3 rings (SSSR count). The van der Waals surface area contributed by atoms with E-state index in [2.05, 4.69) is 43.5 Å². The predicted molar refractivity (Wildman–Crippen MR) is 92.6 cm³/mol. The van der Waals surface area contributed by atoms with Crippen LogP contribution in [0.1, 0.15) is 36.5 Å². The van der Waals surface area contributed by atoms with Gasteiger partial charge in [0.2, 0.25) is 5.91 Å². The van der Waals surface area contributed by atoms with Crippen molar-refractivity contribution in [1.82, 2.24) is 10.6 Å². The third kappa shape index (κ3) is 3.42. The number of hydrogen-bond acceptors (Lipinski definition) is 3. The van der Waals surface area contributed by atoms with Gasteiger partial charge in [-0.3, -0.25) is 4.79 Å². The van der Waals surface area contributed by atoms with Crippen molar-refractivity contribution in [1.29, 1.82) is 0 Å². The standard InChI is InChI=1S/C19H26N2O2/c1-13-4-5-16-15(11-23-18(16)14(13)2)10-17(22)21-12-19(3)6-8-20-9-7-19/h4-5,11,20H,6-10,12H2,1-3H3,(H,21,22). The maximum Gasteiger partial charge on any atom is 0.224 e. The van der Waals surface area contributed by atoms with E-state index in [9.17, 15) is 4.79 Å². The monoisotopic (exact) mass is 314 g/mol. The van der Waals surface area contributed by atoms with E-state index < -0.39 is 0 Å². The largest absolute Gasteiger partial charge is 0.464 e. The average Bonchev–Trinajstić information content (AvgIpc) is 2.93. The first-order valence-corrected chi connectivity index (χ1v) is 8.42. The van der Waals surface area contributed by atoms with E-state index in [0.717, 1.165) is 54.6 Å². The predicted octanol–water partition coefficient (Wildman–Crippen LogP) is 3.10. The Morgan fingerprint density at radius 2 is 2.04 bits per heavy atom. The van der Waals surface area contributed by atoms with E-state index in [-0.39, 0.29) is 11.3 Å². The molecule has 0 saturated carbocycles. The molecule has 0 atom stereocenters. The smallest absolute Gasteiger partial charge is 0.224 e. The summed E-state index contributed by atoms with van der Waals surface area (Å²) in [6.07, 6.45) is 4.33. The van der Waals surface area contributed by atoms with Crippen molar-refractivity contribution in [2.75, 3.05) is 19.6 Å². The first kappa shape index (κ1) is 16.1. The molecule has 0 bridgehead atoms. The number of fused-ring (bicyclic) bond motifs is 1. The molecule has 1 saturated heterocycles. The molecule has 23 heavy (non-hydrogen) atoms. The van der Waals surface area contributed by atoms with Crippen molar-refractivity contribution < 1.29 is 9.21 Å². The Morgan fingerprint density at radius 3 is 2.78 bits per heavy atom. The van der Waals surface area contributed by atoms with Crippen molar-refractivity contribution in [3.05, 3.63) is 35.1 Å². The van der Waals surface area contributed by atoms with E-state index in [0.29, 0.717) is 6.42 Å². The first-order chi connectivity index (χ1) is 11.0. The van der Waals surface area contributed by atoms with Gasteiger partial charge in [-0.2, -0.15) is 0 Å². The van der Waals surface area contributed by atoms with Crippen molar-refractivity contribution >= 4 is 16.9 Å². The SMILES string of the molecule is Cc1ccc2c(CC(=O)NCC3(C)CCNCC3)coc2c1C. The van der Waals surface area contributed by atoms with Gasteiger partial charge in [0.1, 0.15) is 5.58 Å². The Bertz CT molecular complexity index is 711. The fourth-order valence-corrected chi connectivity index (χ4v) is 3.28. The Balaban J connectivity index is 1.65. The van der Waals surface area contributed by atoms with Crippen LogP contribution >= 0.6 is 0 Å². The van der Waals surface area contributed by atoms with Crippen LogP contribution in [0.15, 0.2) is 22.8 Å². The summed E-state index contributed by atoms with van der Waals surface area (Å²) in [5, 5.41) is 7.53. The highest BCUT2D eigenvalue weighted by Gasteiger charge is 2.27. The number of hydrogen-bond donors (Lipinski definition) is 2.